The zero-order chi connectivity index (χ0) is 16.9. The number of carbonyl (C=O) groups is 1. The first-order valence-electron chi connectivity index (χ1n) is 7.67. The topological polar surface area (TPSA) is 81.6 Å². The van der Waals surface area contributed by atoms with Gasteiger partial charge in [-0.15, -0.1) is 0 Å². The zero-order valence-electron chi connectivity index (χ0n) is 13.4. The average molecular weight is 325 g/mol. The highest BCUT2D eigenvalue weighted by Crippen LogP contribution is 2.23. The molecule has 3 rings (SSSR count). The monoisotopic (exact) mass is 325 g/mol. The van der Waals surface area contributed by atoms with Crippen LogP contribution in [0.2, 0.25) is 0 Å². The molecule has 0 radical (unpaired) electrons. The summed E-state index contributed by atoms with van der Waals surface area (Å²) in [5.41, 5.74) is 7.80. The average Bonchev–Trinajstić information content (AvgIpc) is 3.01. The Kier molecular flexibility index (Phi) is 4.65. The summed E-state index contributed by atoms with van der Waals surface area (Å²) in [5, 5.41) is 0. The molecule has 0 saturated carbocycles. The molecule has 1 aromatic heterocycles. The van der Waals surface area contributed by atoms with Gasteiger partial charge in [0.05, 0.1) is 13.7 Å². The van der Waals surface area contributed by atoms with E-state index in [4.69, 9.17) is 14.9 Å². The number of oxazole rings is 1. The van der Waals surface area contributed by atoms with Gasteiger partial charge in [-0.05, 0) is 36.4 Å². The molecule has 24 heavy (non-hydrogen) atoms. The van der Waals surface area contributed by atoms with Gasteiger partial charge in [0.15, 0.2) is 5.58 Å². The highest BCUT2D eigenvalue weighted by molar-refractivity contribution is 5.74. The number of benzene rings is 2. The summed E-state index contributed by atoms with van der Waals surface area (Å²) in [6.07, 6.45) is 0.256. The molecule has 1 heterocycles. The number of anilines is 1. The molecule has 3 aromatic rings. The van der Waals surface area contributed by atoms with Crippen LogP contribution in [0.4, 0.5) is 5.69 Å². The van der Waals surface area contributed by atoms with Crippen molar-refractivity contribution in [2.75, 3.05) is 18.6 Å². The molecule has 2 N–H and O–H groups in total. The number of nitrogens with two attached hydrogens (primary N) is 1. The van der Waals surface area contributed by atoms with Gasteiger partial charge in [0.1, 0.15) is 11.3 Å². The van der Waals surface area contributed by atoms with Crippen LogP contribution < -0.4 is 15.4 Å². The predicted octanol–water partition coefficient (Wildman–Crippen LogP) is 2.72. The van der Waals surface area contributed by atoms with Gasteiger partial charge in [-0.2, -0.15) is 0 Å². The minimum atomic E-state index is -0.342. The zero-order valence-corrected chi connectivity index (χ0v) is 13.4. The third-order valence-corrected chi connectivity index (χ3v) is 3.73. The predicted molar refractivity (Wildman–Crippen MR) is 91.9 cm³/mol. The molecule has 0 spiro atoms. The van der Waals surface area contributed by atoms with E-state index in [-0.39, 0.29) is 12.3 Å². The van der Waals surface area contributed by atoms with E-state index in [0.717, 1.165) is 22.5 Å². The van der Waals surface area contributed by atoms with E-state index in [1.54, 1.807) is 7.11 Å². The highest BCUT2D eigenvalue weighted by Gasteiger charge is 2.13. The second-order valence-electron chi connectivity index (χ2n) is 5.41. The molecule has 6 nitrogen and oxygen atoms in total. The van der Waals surface area contributed by atoms with Crippen molar-refractivity contribution < 1.29 is 13.9 Å². The van der Waals surface area contributed by atoms with Gasteiger partial charge >= 0.3 is 0 Å². The van der Waals surface area contributed by atoms with Gasteiger partial charge in [0.2, 0.25) is 11.8 Å². The lowest BCUT2D eigenvalue weighted by atomic mass is 10.2. The summed E-state index contributed by atoms with van der Waals surface area (Å²) < 4.78 is 11.0. The van der Waals surface area contributed by atoms with Crippen molar-refractivity contribution in [1.82, 2.24) is 4.98 Å². The smallest absolute Gasteiger partial charge is 0.219 e. The molecular weight excluding hydrogens is 306 g/mol. The van der Waals surface area contributed by atoms with Crippen molar-refractivity contribution in [3.8, 4) is 5.75 Å². The van der Waals surface area contributed by atoms with Gasteiger partial charge in [0.25, 0.3) is 0 Å². The van der Waals surface area contributed by atoms with E-state index in [0.29, 0.717) is 19.0 Å². The Morgan fingerprint density at radius 3 is 2.62 bits per heavy atom. The van der Waals surface area contributed by atoms with Crippen LogP contribution in [0, 0.1) is 0 Å². The van der Waals surface area contributed by atoms with Crippen LogP contribution >= 0.6 is 0 Å². The van der Waals surface area contributed by atoms with Crippen LogP contribution in [0.3, 0.4) is 0 Å². The van der Waals surface area contributed by atoms with Crippen molar-refractivity contribution in [2.45, 2.75) is 13.0 Å². The van der Waals surface area contributed by atoms with E-state index >= 15 is 0 Å². The van der Waals surface area contributed by atoms with Crippen LogP contribution in [0.25, 0.3) is 11.1 Å². The van der Waals surface area contributed by atoms with Gasteiger partial charge in [0, 0.05) is 18.7 Å². The Bertz CT molecular complexity index is 794. The van der Waals surface area contributed by atoms with E-state index in [1.165, 1.54) is 0 Å². The maximum Gasteiger partial charge on any atom is 0.219 e. The number of hydrogen-bond acceptors (Lipinski definition) is 5. The van der Waals surface area contributed by atoms with Crippen LogP contribution in [0.15, 0.2) is 52.9 Å². The fourth-order valence-electron chi connectivity index (χ4n) is 2.49. The fraction of sp³-hybridized carbons (Fsp3) is 0.222. The standard InChI is InChI=1S/C18H19N3O3/c1-23-14-8-6-13(7-9-14)21(11-10-17(19)22)12-18-20-15-4-2-3-5-16(15)24-18/h2-9H,10-12H2,1H3,(H2,19,22). The van der Waals surface area contributed by atoms with Crippen LogP contribution in [-0.4, -0.2) is 24.5 Å². The number of aromatic nitrogens is 1. The van der Waals surface area contributed by atoms with Crippen LogP contribution in [0.1, 0.15) is 12.3 Å². The van der Waals surface area contributed by atoms with Crippen LogP contribution in [-0.2, 0) is 11.3 Å². The first kappa shape index (κ1) is 15.9. The van der Waals surface area contributed by atoms with E-state index in [9.17, 15) is 4.79 Å². The lowest BCUT2D eigenvalue weighted by molar-refractivity contribution is -0.117. The summed E-state index contributed by atoms with van der Waals surface area (Å²) in [4.78, 5) is 17.7. The van der Waals surface area contributed by atoms with Crippen molar-refractivity contribution in [3.05, 3.63) is 54.4 Å². The molecule has 0 atom stereocenters. The summed E-state index contributed by atoms with van der Waals surface area (Å²) in [6.45, 7) is 0.939. The Balaban J connectivity index is 1.83. The number of methoxy groups -OCH3 is 1. The number of ether oxygens (including phenoxy) is 1. The number of primary amides is 1. The number of para-hydroxylation sites is 2. The minimum Gasteiger partial charge on any atom is -0.497 e. The molecule has 1 amide bonds. The number of rotatable bonds is 7. The Labute approximate surface area is 139 Å². The third kappa shape index (κ3) is 3.65. The normalized spacial score (nSPS) is 10.7. The second-order valence-corrected chi connectivity index (χ2v) is 5.41. The maximum absolute atomic E-state index is 11.2. The van der Waals surface area contributed by atoms with Gasteiger partial charge in [-0.25, -0.2) is 4.98 Å². The first-order chi connectivity index (χ1) is 11.7. The molecule has 0 unspecified atom stereocenters. The molecule has 124 valence electrons. The van der Waals surface area contributed by atoms with E-state index in [1.807, 2.05) is 53.4 Å². The summed E-state index contributed by atoms with van der Waals surface area (Å²) in [5.74, 6) is 1.03. The van der Waals surface area contributed by atoms with Gasteiger partial charge < -0.3 is 19.8 Å². The van der Waals surface area contributed by atoms with E-state index < -0.39 is 0 Å². The SMILES string of the molecule is COc1ccc(N(CCC(N)=O)Cc2nc3ccccc3o2)cc1. The number of amides is 1. The number of carbonyl (C=O) groups excluding carboxylic acids is 1. The molecule has 0 saturated heterocycles. The Morgan fingerprint density at radius 1 is 1.21 bits per heavy atom. The molecule has 0 fully saturated rings. The lowest BCUT2D eigenvalue weighted by Crippen LogP contribution is -2.27. The van der Waals surface area contributed by atoms with E-state index in [2.05, 4.69) is 4.98 Å². The quantitative estimate of drug-likeness (QED) is 0.722. The Hall–Kier alpha value is -3.02. The van der Waals surface area contributed by atoms with Crippen molar-refractivity contribution in [3.63, 3.8) is 0 Å². The third-order valence-electron chi connectivity index (χ3n) is 3.73. The summed E-state index contributed by atoms with van der Waals surface area (Å²) in [7, 11) is 1.62. The fourth-order valence-corrected chi connectivity index (χ4v) is 2.49. The highest BCUT2D eigenvalue weighted by atomic mass is 16.5. The molecule has 0 aliphatic rings. The molecular formula is C18H19N3O3. The first-order valence-corrected chi connectivity index (χ1v) is 7.67. The summed E-state index contributed by atoms with van der Waals surface area (Å²) >= 11 is 0. The van der Waals surface area contributed by atoms with Gasteiger partial charge in [-0.1, -0.05) is 12.1 Å². The molecule has 0 aliphatic carbocycles. The van der Waals surface area contributed by atoms with Crippen molar-refractivity contribution in [1.29, 1.82) is 0 Å². The van der Waals surface area contributed by atoms with Crippen molar-refractivity contribution in [2.24, 2.45) is 5.73 Å². The summed E-state index contributed by atoms with van der Waals surface area (Å²) in [6, 6.07) is 15.2. The van der Waals surface area contributed by atoms with Crippen LogP contribution in [0.5, 0.6) is 5.75 Å². The second kappa shape index (κ2) is 7.04. The maximum atomic E-state index is 11.2. The largest absolute Gasteiger partial charge is 0.497 e. The molecule has 2 aromatic carbocycles. The van der Waals surface area contributed by atoms with Crippen molar-refractivity contribution >= 4 is 22.7 Å². The van der Waals surface area contributed by atoms with Gasteiger partial charge in [-0.3, -0.25) is 4.79 Å². The number of hydrogen-bond donors (Lipinski definition) is 1. The number of fused-ring (bicyclic) bond motifs is 1. The number of nitrogens with zero attached hydrogens (tertiary/aromatic N) is 2. The Morgan fingerprint density at radius 2 is 1.96 bits per heavy atom. The lowest BCUT2D eigenvalue weighted by Gasteiger charge is -2.23. The molecule has 0 bridgehead atoms. The minimum absolute atomic E-state index is 0.256. The molecule has 6 heteroatoms. The molecule has 0 aliphatic heterocycles.